The normalized spacial score (nSPS) is 15.9. The fraction of sp³-hybridized carbons (Fsp3) is 0.333. The zero-order chi connectivity index (χ0) is 25.2. The van der Waals surface area contributed by atoms with Crippen molar-refractivity contribution in [3.05, 3.63) is 58.9 Å². The molecule has 3 aromatic rings. The van der Waals surface area contributed by atoms with Crippen LogP contribution in [0.4, 0.5) is 0 Å². The number of sulfonamides is 1. The Labute approximate surface area is 213 Å². The highest BCUT2D eigenvalue weighted by atomic mass is 35.5. The van der Waals surface area contributed by atoms with E-state index < -0.39 is 10.0 Å². The number of benzene rings is 2. The first kappa shape index (κ1) is 25.4. The molecule has 4 rings (SSSR count). The van der Waals surface area contributed by atoms with Crippen LogP contribution in [0.5, 0.6) is 11.5 Å². The van der Waals surface area contributed by atoms with Gasteiger partial charge in [0, 0.05) is 30.6 Å². The number of rotatable bonds is 7. The summed E-state index contributed by atoms with van der Waals surface area (Å²) in [6, 6.07) is 9.72. The Morgan fingerprint density at radius 3 is 2.37 bits per heavy atom. The maximum atomic E-state index is 13.1. The molecule has 0 atom stereocenters. The van der Waals surface area contributed by atoms with E-state index in [4.69, 9.17) is 21.1 Å². The first-order valence-corrected chi connectivity index (χ1v) is 13.6. The topological polar surface area (TPSA) is 90.2 Å². The number of fused-ring (bicyclic) bond motifs is 1. The minimum atomic E-state index is -3.64. The maximum Gasteiger partial charge on any atom is 0.251 e. The van der Waals surface area contributed by atoms with Crippen molar-refractivity contribution in [2.45, 2.75) is 24.3 Å². The molecule has 1 amide bonds. The van der Waals surface area contributed by atoms with Crippen LogP contribution >= 0.6 is 22.9 Å². The van der Waals surface area contributed by atoms with Crippen molar-refractivity contribution in [3.8, 4) is 11.5 Å². The van der Waals surface area contributed by atoms with Crippen LogP contribution in [0, 0.1) is 5.92 Å². The Kier molecular flexibility index (Phi) is 7.65. The number of amides is 1. The number of aromatic nitrogens is 1. The highest BCUT2D eigenvalue weighted by Gasteiger charge is 2.32. The van der Waals surface area contributed by atoms with Gasteiger partial charge in [-0.25, -0.2) is 8.42 Å². The SMILES string of the molecule is C=CCn1c(=NC(=O)C2CCN(S(=O)(=O)c3ccc(Cl)cc3)CC2)sc2c(OC)ccc(OC)c21. The predicted octanol–water partition coefficient (Wildman–Crippen LogP) is 4.09. The van der Waals surface area contributed by atoms with Gasteiger partial charge in [-0.15, -0.1) is 6.58 Å². The first-order chi connectivity index (χ1) is 16.8. The fourth-order valence-corrected chi connectivity index (χ4v) is 6.87. The summed E-state index contributed by atoms with van der Waals surface area (Å²) in [5.74, 6) is 0.681. The van der Waals surface area contributed by atoms with Crippen LogP contribution in [0.2, 0.25) is 5.02 Å². The van der Waals surface area contributed by atoms with Crippen molar-refractivity contribution in [2.24, 2.45) is 10.9 Å². The summed E-state index contributed by atoms with van der Waals surface area (Å²) in [5, 5.41) is 0.472. The molecule has 0 aliphatic carbocycles. The van der Waals surface area contributed by atoms with Gasteiger partial charge >= 0.3 is 0 Å². The molecule has 1 saturated heterocycles. The van der Waals surface area contributed by atoms with Crippen LogP contribution in [0.25, 0.3) is 10.2 Å². The van der Waals surface area contributed by atoms with Gasteiger partial charge in [-0.1, -0.05) is 29.0 Å². The lowest BCUT2D eigenvalue weighted by atomic mass is 9.98. The van der Waals surface area contributed by atoms with Crippen LogP contribution < -0.4 is 14.3 Å². The molecular weight excluding hydrogens is 510 g/mol. The average molecular weight is 536 g/mol. The molecule has 0 radical (unpaired) electrons. The molecule has 2 heterocycles. The Morgan fingerprint density at radius 2 is 1.77 bits per heavy atom. The Morgan fingerprint density at radius 1 is 1.14 bits per heavy atom. The lowest BCUT2D eigenvalue weighted by Gasteiger charge is -2.29. The number of allylic oxidation sites excluding steroid dienone is 1. The van der Waals surface area contributed by atoms with E-state index in [1.54, 1.807) is 32.4 Å². The van der Waals surface area contributed by atoms with Crippen molar-refractivity contribution in [1.82, 2.24) is 8.87 Å². The molecule has 1 aromatic heterocycles. The number of hydrogen-bond donors (Lipinski definition) is 0. The van der Waals surface area contributed by atoms with Crippen molar-refractivity contribution >= 4 is 49.1 Å². The number of methoxy groups -OCH3 is 2. The second-order valence-corrected chi connectivity index (χ2v) is 11.4. The van der Waals surface area contributed by atoms with Gasteiger partial charge < -0.3 is 14.0 Å². The standard InChI is InChI=1S/C24H26ClN3O5S2/c1-4-13-28-21-19(32-2)9-10-20(33-3)22(21)34-24(28)26-23(29)16-11-14-27(15-12-16)35(30,31)18-7-5-17(25)6-8-18/h4-10,16H,1,11-15H2,2-3H3. The molecule has 35 heavy (non-hydrogen) atoms. The zero-order valence-electron chi connectivity index (χ0n) is 19.4. The van der Waals surface area contributed by atoms with Crippen LogP contribution in [-0.4, -0.2) is 50.5 Å². The van der Waals surface area contributed by atoms with Crippen LogP contribution in [0.15, 0.2) is 58.9 Å². The van der Waals surface area contributed by atoms with Gasteiger partial charge in [0.15, 0.2) is 4.80 Å². The number of thiazole rings is 1. The molecular formula is C24H26ClN3O5S2. The number of carbonyl (C=O) groups is 1. The molecule has 1 fully saturated rings. The monoisotopic (exact) mass is 535 g/mol. The molecule has 1 aliphatic rings. The summed E-state index contributed by atoms with van der Waals surface area (Å²) >= 11 is 7.23. The molecule has 186 valence electrons. The molecule has 0 bridgehead atoms. The number of hydrogen-bond acceptors (Lipinski definition) is 6. The van der Waals surface area contributed by atoms with E-state index in [0.717, 1.165) is 10.2 Å². The summed E-state index contributed by atoms with van der Waals surface area (Å²) in [6.07, 6.45) is 2.52. The lowest BCUT2D eigenvalue weighted by molar-refractivity contribution is -0.122. The summed E-state index contributed by atoms with van der Waals surface area (Å²) in [6.45, 7) is 4.76. The van der Waals surface area contributed by atoms with Gasteiger partial charge in [0.05, 0.1) is 19.1 Å². The summed E-state index contributed by atoms with van der Waals surface area (Å²) in [7, 11) is -0.464. The Balaban J connectivity index is 1.59. The van der Waals surface area contributed by atoms with Crippen molar-refractivity contribution in [2.75, 3.05) is 27.3 Å². The maximum absolute atomic E-state index is 13.1. The Hall–Kier alpha value is -2.66. The quantitative estimate of drug-likeness (QED) is 0.425. The van der Waals surface area contributed by atoms with Crippen LogP contribution in [-0.2, 0) is 21.4 Å². The molecule has 0 saturated carbocycles. The van der Waals surface area contributed by atoms with Gasteiger partial charge in [-0.2, -0.15) is 9.30 Å². The molecule has 0 N–H and O–H groups in total. The third-order valence-corrected chi connectivity index (χ3v) is 9.22. The van der Waals surface area contributed by atoms with E-state index in [0.29, 0.717) is 40.7 Å². The highest BCUT2D eigenvalue weighted by molar-refractivity contribution is 7.89. The van der Waals surface area contributed by atoms with E-state index in [9.17, 15) is 13.2 Å². The number of ether oxygens (including phenoxy) is 2. The smallest absolute Gasteiger partial charge is 0.251 e. The van der Waals surface area contributed by atoms with E-state index in [-0.39, 0.29) is 29.8 Å². The summed E-state index contributed by atoms with van der Waals surface area (Å²) in [4.78, 5) is 18.3. The minimum absolute atomic E-state index is 0.190. The highest BCUT2D eigenvalue weighted by Crippen LogP contribution is 2.35. The Bertz CT molecular complexity index is 1420. The van der Waals surface area contributed by atoms with E-state index in [1.807, 2.05) is 16.7 Å². The third kappa shape index (κ3) is 5.02. The lowest BCUT2D eigenvalue weighted by Crippen LogP contribution is -2.40. The molecule has 0 spiro atoms. The van der Waals surface area contributed by atoms with Crippen molar-refractivity contribution in [1.29, 1.82) is 0 Å². The van der Waals surface area contributed by atoms with Gasteiger partial charge in [-0.05, 0) is 49.2 Å². The van der Waals surface area contributed by atoms with Gasteiger partial charge in [-0.3, -0.25) is 4.79 Å². The third-order valence-electron chi connectivity index (χ3n) is 5.96. The van der Waals surface area contributed by atoms with E-state index >= 15 is 0 Å². The predicted molar refractivity (Wildman–Crippen MR) is 137 cm³/mol. The average Bonchev–Trinajstić information content (AvgIpc) is 3.22. The van der Waals surface area contributed by atoms with Gasteiger partial charge in [0.1, 0.15) is 21.7 Å². The summed E-state index contributed by atoms with van der Waals surface area (Å²) in [5.41, 5.74) is 0.784. The molecule has 0 unspecified atom stereocenters. The van der Waals surface area contributed by atoms with Crippen molar-refractivity contribution in [3.63, 3.8) is 0 Å². The second kappa shape index (κ2) is 10.5. The largest absolute Gasteiger partial charge is 0.495 e. The molecule has 8 nitrogen and oxygen atoms in total. The number of piperidine rings is 1. The first-order valence-electron chi connectivity index (χ1n) is 11.0. The number of halogens is 1. The zero-order valence-corrected chi connectivity index (χ0v) is 21.8. The molecule has 1 aliphatic heterocycles. The van der Waals surface area contributed by atoms with Crippen molar-refractivity contribution < 1.29 is 22.7 Å². The van der Waals surface area contributed by atoms with Crippen LogP contribution in [0.3, 0.4) is 0 Å². The van der Waals surface area contributed by atoms with E-state index in [1.165, 1.54) is 27.8 Å². The van der Waals surface area contributed by atoms with E-state index in [2.05, 4.69) is 11.6 Å². The molecule has 2 aromatic carbocycles. The van der Waals surface area contributed by atoms with Gasteiger partial charge in [0.25, 0.3) is 5.91 Å². The molecule has 11 heteroatoms. The fourth-order valence-electron chi connectivity index (χ4n) is 4.12. The number of nitrogens with zero attached hydrogens (tertiary/aromatic N) is 3. The summed E-state index contributed by atoms with van der Waals surface area (Å²) < 4.78 is 41.0. The van der Waals surface area contributed by atoms with Crippen LogP contribution in [0.1, 0.15) is 12.8 Å². The van der Waals surface area contributed by atoms with Gasteiger partial charge in [0.2, 0.25) is 10.0 Å². The minimum Gasteiger partial charge on any atom is -0.495 e. The second-order valence-electron chi connectivity index (χ2n) is 8.01. The number of carbonyl (C=O) groups excluding carboxylic acids is 1.